The SMILES string of the molecule is CC(C)CCOc1ccc(Br)cc1C(=O)Nc1ccccc1F. The first kappa shape index (κ1) is 17.5. The van der Waals surface area contributed by atoms with Gasteiger partial charge in [-0.25, -0.2) is 4.39 Å². The maximum atomic E-state index is 13.7. The molecule has 0 radical (unpaired) electrons. The zero-order valence-electron chi connectivity index (χ0n) is 13.1. The molecule has 0 aliphatic carbocycles. The Hall–Kier alpha value is -1.88. The van der Waals surface area contributed by atoms with Gasteiger partial charge in [-0.15, -0.1) is 0 Å². The van der Waals surface area contributed by atoms with Crippen LogP contribution in [0.5, 0.6) is 5.75 Å². The van der Waals surface area contributed by atoms with Gasteiger partial charge in [0, 0.05) is 4.47 Å². The van der Waals surface area contributed by atoms with Crippen molar-refractivity contribution in [3.63, 3.8) is 0 Å². The molecule has 1 amide bonds. The molecule has 2 aromatic carbocycles. The standard InChI is InChI=1S/C18H19BrFNO2/c1-12(2)9-10-23-17-8-7-13(19)11-14(17)18(22)21-16-6-4-3-5-15(16)20/h3-8,11-12H,9-10H2,1-2H3,(H,21,22). The second kappa shape index (κ2) is 8.11. The number of anilines is 1. The summed E-state index contributed by atoms with van der Waals surface area (Å²) in [6.45, 7) is 4.74. The molecule has 0 aliphatic heterocycles. The fourth-order valence-corrected chi connectivity index (χ4v) is 2.32. The van der Waals surface area contributed by atoms with E-state index >= 15 is 0 Å². The Kier molecular flexibility index (Phi) is 6.16. The van der Waals surface area contributed by atoms with Crippen molar-refractivity contribution in [2.45, 2.75) is 20.3 Å². The van der Waals surface area contributed by atoms with Crippen molar-refractivity contribution in [3.05, 3.63) is 58.3 Å². The van der Waals surface area contributed by atoms with Crippen molar-refractivity contribution < 1.29 is 13.9 Å². The van der Waals surface area contributed by atoms with Gasteiger partial charge >= 0.3 is 0 Å². The number of amides is 1. The quantitative estimate of drug-likeness (QED) is 0.742. The topological polar surface area (TPSA) is 38.3 Å². The molecule has 2 rings (SSSR count). The number of hydrogen-bond donors (Lipinski definition) is 1. The Bertz CT molecular complexity index is 688. The van der Waals surface area contributed by atoms with Crippen LogP contribution < -0.4 is 10.1 Å². The Morgan fingerprint density at radius 2 is 2.00 bits per heavy atom. The third kappa shape index (κ3) is 5.06. The number of nitrogens with one attached hydrogen (secondary N) is 1. The third-order valence-electron chi connectivity index (χ3n) is 3.26. The van der Waals surface area contributed by atoms with E-state index in [1.165, 1.54) is 12.1 Å². The molecule has 0 heterocycles. The van der Waals surface area contributed by atoms with Crippen LogP contribution in [0.2, 0.25) is 0 Å². The summed E-state index contributed by atoms with van der Waals surface area (Å²) in [5, 5.41) is 2.58. The van der Waals surface area contributed by atoms with E-state index in [0.717, 1.165) is 10.9 Å². The molecule has 0 bridgehead atoms. The zero-order valence-corrected chi connectivity index (χ0v) is 14.7. The monoisotopic (exact) mass is 379 g/mol. The molecule has 23 heavy (non-hydrogen) atoms. The summed E-state index contributed by atoms with van der Waals surface area (Å²) in [6, 6.07) is 11.3. The number of carbonyl (C=O) groups excluding carboxylic acids is 1. The van der Waals surface area contributed by atoms with Gasteiger partial charge in [0.2, 0.25) is 0 Å². The molecule has 0 aromatic heterocycles. The molecule has 0 aliphatic rings. The van der Waals surface area contributed by atoms with Gasteiger partial charge in [0.15, 0.2) is 0 Å². The minimum atomic E-state index is -0.474. The highest BCUT2D eigenvalue weighted by Gasteiger charge is 2.15. The molecule has 3 nitrogen and oxygen atoms in total. The fourth-order valence-electron chi connectivity index (χ4n) is 1.96. The van der Waals surface area contributed by atoms with Crippen molar-refractivity contribution in [1.82, 2.24) is 0 Å². The van der Waals surface area contributed by atoms with E-state index in [4.69, 9.17) is 4.74 Å². The van der Waals surface area contributed by atoms with Crippen molar-refractivity contribution in [2.24, 2.45) is 5.92 Å². The van der Waals surface area contributed by atoms with Crippen LogP contribution in [0, 0.1) is 11.7 Å². The first-order chi connectivity index (χ1) is 11.0. The Morgan fingerprint density at radius 1 is 1.26 bits per heavy atom. The molecule has 0 fully saturated rings. The summed E-state index contributed by atoms with van der Waals surface area (Å²) in [5.41, 5.74) is 0.511. The predicted octanol–water partition coefficient (Wildman–Crippen LogP) is 5.27. The lowest BCUT2D eigenvalue weighted by atomic mass is 10.1. The summed E-state index contributed by atoms with van der Waals surface area (Å²) < 4.78 is 20.2. The minimum Gasteiger partial charge on any atom is -0.493 e. The Balaban J connectivity index is 2.18. The first-order valence-electron chi connectivity index (χ1n) is 7.45. The van der Waals surface area contributed by atoms with Gasteiger partial charge in [0.25, 0.3) is 5.91 Å². The molecule has 0 saturated carbocycles. The predicted molar refractivity (Wildman–Crippen MR) is 93.4 cm³/mol. The molecular weight excluding hydrogens is 361 g/mol. The number of hydrogen-bond acceptors (Lipinski definition) is 2. The van der Waals surface area contributed by atoms with Crippen molar-refractivity contribution >= 4 is 27.5 Å². The zero-order chi connectivity index (χ0) is 16.8. The highest BCUT2D eigenvalue weighted by Crippen LogP contribution is 2.25. The summed E-state index contributed by atoms with van der Waals surface area (Å²) in [6.07, 6.45) is 0.893. The number of ether oxygens (including phenoxy) is 1. The number of carbonyl (C=O) groups is 1. The number of benzene rings is 2. The molecule has 1 N–H and O–H groups in total. The second-order valence-corrected chi connectivity index (χ2v) is 6.52. The molecular formula is C18H19BrFNO2. The fraction of sp³-hybridized carbons (Fsp3) is 0.278. The average Bonchev–Trinajstić information content (AvgIpc) is 2.50. The summed E-state index contributed by atoms with van der Waals surface area (Å²) in [4.78, 5) is 12.5. The molecule has 122 valence electrons. The van der Waals surface area contributed by atoms with E-state index in [9.17, 15) is 9.18 Å². The van der Waals surface area contributed by atoms with Crippen LogP contribution in [0.4, 0.5) is 10.1 Å². The maximum absolute atomic E-state index is 13.7. The number of rotatable bonds is 6. The molecule has 2 aromatic rings. The Labute approximate surface area is 144 Å². The van der Waals surface area contributed by atoms with Gasteiger partial charge in [-0.1, -0.05) is 41.9 Å². The largest absolute Gasteiger partial charge is 0.493 e. The van der Waals surface area contributed by atoms with E-state index in [0.29, 0.717) is 23.8 Å². The molecule has 0 atom stereocenters. The second-order valence-electron chi connectivity index (χ2n) is 5.61. The van der Waals surface area contributed by atoms with Crippen molar-refractivity contribution in [3.8, 4) is 5.75 Å². The van der Waals surface area contributed by atoms with Crippen LogP contribution in [0.3, 0.4) is 0 Å². The van der Waals surface area contributed by atoms with Crippen LogP contribution in [-0.2, 0) is 0 Å². The molecule has 0 unspecified atom stereocenters. The lowest BCUT2D eigenvalue weighted by Gasteiger charge is -2.13. The van der Waals surface area contributed by atoms with Crippen LogP contribution in [0.25, 0.3) is 0 Å². The van der Waals surface area contributed by atoms with E-state index in [2.05, 4.69) is 35.1 Å². The molecule has 0 saturated heterocycles. The van der Waals surface area contributed by atoms with E-state index < -0.39 is 11.7 Å². The smallest absolute Gasteiger partial charge is 0.259 e. The first-order valence-corrected chi connectivity index (χ1v) is 8.25. The van der Waals surface area contributed by atoms with Crippen LogP contribution >= 0.6 is 15.9 Å². The van der Waals surface area contributed by atoms with Crippen LogP contribution in [0.1, 0.15) is 30.6 Å². The van der Waals surface area contributed by atoms with Gasteiger partial charge in [-0.2, -0.15) is 0 Å². The van der Waals surface area contributed by atoms with Gasteiger partial charge in [0.1, 0.15) is 11.6 Å². The number of para-hydroxylation sites is 1. The third-order valence-corrected chi connectivity index (χ3v) is 3.75. The highest BCUT2D eigenvalue weighted by atomic mass is 79.9. The van der Waals surface area contributed by atoms with E-state index in [1.807, 2.05) is 6.07 Å². The molecule has 5 heteroatoms. The maximum Gasteiger partial charge on any atom is 0.259 e. The van der Waals surface area contributed by atoms with Gasteiger partial charge in [-0.05, 0) is 42.7 Å². The Morgan fingerprint density at radius 3 is 2.70 bits per heavy atom. The lowest BCUT2D eigenvalue weighted by Crippen LogP contribution is -2.15. The summed E-state index contributed by atoms with van der Waals surface area (Å²) >= 11 is 3.35. The molecule has 0 spiro atoms. The van der Waals surface area contributed by atoms with Gasteiger partial charge in [-0.3, -0.25) is 4.79 Å². The van der Waals surface area contributed by atoms with E-state index in [-0.39, 0.29) is 5.69 Å². The number of halogens is 2. The van der Waals surface area contributed by atoms with Crippen LogP contribution in [0.15, 0.2) is 46.9 Å². The normalized spacial score (nSPS) is 10.7. The van der Waals surface area contributed by atoms with Gasteiger partial charge in [0.05, 0.1) is 17.9 Å². The van der Waals surface area contributed by atoms with Crippen LogP contribution in [-0.4, -0.2) is 12.5 Å². The minimum absolute atomic E-state index is 0.144. The van der Waals surface area contributed by atoms with Gasteiger partial charge < -0.3 is 10.1 Å². The summed E-state index contributed by atoms with van der Waals surface area (Å²) in [7, 11) is 0. The average molecular weight is 380 g/mol. The lowest BCUT2D eigenvalue weighted by molar-refractivity contribution is 0.102. The highest BCUT2D eigenvalue weighted by molar-refractivity contribution is 9.10. The summed E-state index contributed by atoms with van der Waals surface area (Å²) in [5.74, 6) is 0.123. The van der Waals surface area contributed by atoms with Crippen molar-refractivity contribution in [1.29, 1.82) is 0 Å². The van der Waals surface area contributed by atoms with E-state index in [1.54, 1.807) is 24.3 Å². The van der Waals surface area contributed by atoms with Crippen molar-refractivity contribution in [2.75, 3.05) is 11.9 Å².